The Bertz CT molecular complexity index is 686. The lowest BCUT2D eigenvalue weighted by molar-refractivity contribution is 0.0698. The lowest BCUT2D eigenvalue weighted by Gasteiger charge is -2.02. The van der Waals surface area contributed by atoms with E-state index in [0.29, 0.717) is 11.3 Å². The fourth-order valence-corrected chi connectivity index (χ4v) is 2.17. The third-order valence-corrected chi connectivity index (χ3v) is 3.57. The maximum Gasteiger partial charge on any atom is 0.339 e. The van der Waals surface area contributed by atoms with Crippen molar-refractivity contribution in [2.75, 3.05) is 6.26 Å². The summed E-state index contributed by atoms with van der Waals surface area (Å²) in [5.74, 6) is -1.09. The molecule has 0 aliphatic carbocycles. The van der Waals surface area contributed by atoms with Crippen LogP contribution < -0.4 is 0 Å². The molecule has 0 aliphatic rings. The molecule has 0 unspecified atom stereocenters. The minimum absolute atomic E-state index is 0.0436. The smallest absolute Gasteiger partial charge is 0.339 e. The molecule has 0 saturated heterocycles. The first-order chi connectivity index (χ1) is 8.39. The minimum Gasteiger partial charge on any atom is -0.478 e. The number of nitrogens with zero attached hydrogens (tertiary/aromatic N) is 1. The third kappa shape index (κ3) is 2.25. The molecule has 0 atom stereocenters. The number of benzene rings is 1. The summed E-state index contributed by atoms with van der Waals surface area (Å²) >= 11 is 0. The van der Waals surface area contributed by atoms with E-state index in [2.05, 4.69) is 10.2 Å². The minimum atomic E-state index is -3.26. The molecule has 0 amide bonds. The molecule has 18 heavy (non-hydrogen) atoms. The number of H-pyrrole nitrogens is 1. The Morgan fingerprint density at radius 1 is 1.28 bits per heavy atom. The van der Waals surface area contributed by atoms with Crippen LogP contribution in [0.5, 0.6) is 0 Å². The van der Waals surface area contributed by atoms with Crippen LogP contribution in [-0.2, 0) is 9.84 Å². The van der Waals surface area contributed by atoms with Crippen LogP contribution in [0.2, 0.25) is 0 Å². The first kappa shape index (κ1) is 12.3. The van der Waals surface area contributed by atoms with E-state index in [1.807, 2.05) is 0 Å². The monoisotopic (exact) mass is 266 g/mol. The Labute approximate surface area is 103 Å². The zero-order chi connectivity index (χ0) is 13.3. The van der Waals surface area contributed by atoms with Gasteiger partial charge in [0.25, 0.3) is 0 Å². The van der Waals surface area contributed by atoms with E-state index in [1.165, 1.54) is 30.5 Å². The van der Waals surface area contributed by atoms with Gasteiger partial charge in [0.2, 0.25) is 0 Å². The van der Waals surface area contributed by atoms with Crippen molar-refractivity contribution < 1.29 is 18.3 Å². The van der Waals surface area contributed by atoms with Gasteiger partial charge in [-0.05, 0) is 12.1 Å². The van der Waals surface area contributed by atoms with Gasteiger partial charge in [-0.25, -0.2) is 13.2 Å². The molecule has 1 aromatic heterocycles. The lowest BCUT2D eigenvalue weighted by atomic mass is 10.1. The molecule has 2 N–H and O–H groups in total. The van der Waals surface area contributed by atoms with Crippen molar-refractivity contribution >= 4 is 15.8 Å². The standard InChI is InChI=1S/C11H10N2O4S/c1-18(16,17)8-4-2-7(3-5-8)10-9(11(14)15)6-12-13-10/h2-6H,1H3,(H,12,13)(H,14,15). The summed E-state index contributed by atoms with van der Waals surface area (Å²) in [5, 5.41) is 15.2. The molecule has 0 aliphatic heterocycles. The highest BCUT2D eigenvalue weighted by Gasteiger charge is 2.14. The highest BCUT2D eigenvalue weighted by Crippen LogP contribution is 2.22. The summed E-state index contributed by atoms with van der Waals surface area (Å²) < 4.78 is 22.6. The number of rotatable bonds is 3. The van der Waals surface area contributed by atoms with Crippen LogP contribution in [0.15, 0.2) is 35.4 Å². The molecule has 2 aromatic rings. The predicted molar refractivity (Wildman–Crippen MR) is 64.1 cm³/mol. The third-order valence-electron chi connectivity index (χ3n) is 2.44. The van der Waals surface area contributed by atoms with Crippen LogP contribution in [0.25, 0.3) is 11.3 Å². The van der Waals surface area contributed by atoms with Crippen molar-refractivity contribution in [3.8, 4) is 11.3 Å². The van der Waals surface area contributed by atoms with E-state index in [4.69, 9.17) is 5.11 Å². The Morgan fingerprint density at radius 2 is 1.89 bits per heavy atom. The van der Waals surface area contributed by atoms with Gasteiger partial charge < -0.3 is 5.11 Å². The van der Waals surface area contributed by atoms with Crippen LogP contribution >= 0.6 is 0 Å². The molecule has 0 spiro atoms. The quantitative estimate of drug-likeness (QED) is 0.868. The molecule has 0 fully saturated rings. The second-order valence-corrected chi connectivity index (χ2v) is 5.78. The van der Waals surface area contributed by atoms with E-state index in [1.54, 1.807) is 0 Å². The highest BCUT2D eigenvalue weighted by atomic mass is 32.2. The predicted octanol–water partition coefficient (Wildman–Crippen LogP) is 1.18. The summed E-state index contributed by atoms with van der Waals surface area (Å²) in [7, 11) is -3.26. The largest absolute Gasteiger partial charge is 0.478 e. The Hall–Kier alpha value is -2.15. The van der Waals surface area contributed by atoms with Crippen LogP contribution in [0.3, 0.4) is 0 Å². The highest BCUT2D eigenvalue weighted by molar-refractivity contribution is 7.90. The van der Waals surface area contributed by atoms with E-state index < -0.39 is 15.8 Å². The van der Waals surface area contributed by atoms with Gasteiger partial charge in [-0.2, -0.15) is 5.10 Å². The van der Waals surface area contributed by atoms with Crippen molar-refractivity contribution in [1.29, 1.82) is 0 Å². The Kier molecular flexibility index (Phi) is 2.92. The average molecular weight is 266 g/mol. The van der Waals surface area contributed by atoms with Gasteiger partial charge in [-0.1, -0.05) is 12.1 Å². The van der Waals surface area contributed by atoms with Crippen LogP contribution in [0, 0.1) is 0 Å². The number of carboxylic acid groups (broad SMARTS) is 1. The number of carbonyl (C=O) groups is 1. The molecule has 7 heteroatoms. The van der Waals surface area contributed by atoms with E-state index in [9.17, 15) is 13.2 Å². The number of aromatic amines is 1. The van der Waals surface area contributed by atoms with Crippen molar-refractivity contribution in [1.82, 2.24) is 10.2 Å². The molecule has 6 nitrogen and oxygen atoms in total. The number of carboxylic acids is 1. The van der Waals surface area contributed by atoms with Crippen LogP contribution in [0.4, 0.5) is 0 Å². The number of sulfone groups is 1. The van der Waals surface area contributed by atoms with Crippen molar-refractivity contribution in [2.45, 2.75) is 4.90 Å². The van der Waals surface area contributed by atoms with Gasteiger partial charge in [-0.15, -0.1) is 0 Å². The first-order valence-corrected chi connectivity index (χ1v) is 6.86. The summed E-state index contributed by atoms with van der Waals surface area (Å²) in [4.78, 5) is 11.1. The average Bonchev–Trinajstić information content (AvgIpc) is 2.77. The van der Waals surface area contributed by atoms with Crippen LogP contribution in [0.1, 0.15) is 10.4 Å². The van der Waals surface area contributed by atoms with Crippen molar-refractivity contribution in [2.24, 2.45) is 0 Å². The number of aromatic carboxylic acids is 1. The molecular weight excluding hydrogens is 256 g/mol. The first-order valence-electron chi connectivity index (χ1n) is 4.97. The number of nitrogens with one attached hydrogen (secondary N) is 1. The summed E-state index contributed by atoms with van der Waals surface area (Å²) in [5.41, 5.74) is 0.960. The Balaban J connectivity index is 2.47. The van der Waals surface area contributed by atoms with Gasteiger partial charge in [-0.3, -0.25) is 5.10 Å². The fourth-order valence-electron chi connectivity index (χ4n) is 1.54. The fraction of sp³-hybridized carbons (Fsp3) is 0.0909. The number of hydrogen-bond acceptors (Lipinski definition) is 4. The molecule has 2 rings (SSSR count). The second-order valence-electron chi connectivity index (χ2n) is 3.76. The lowest BCUT2D eigenvalue weighted by Crippen LogP contribution is -1.98. The number of aromatic nitrogens is 2. The molecule has 94 valence electrons. The van der Waals surface area contributed by atoms with Gasteiger partial charge in [0.1, 0.15) is 5.56 Å². The molecule has 0 bridgehead atoms. The Morgan fingerprint density at radius 3 is 2.39 bits per heavy atom. The van der Waals surface area contributed by atoms with Crippen molar-refractivity contribution in [3.05, 3.63) is 36.0 Å². The van der Waals surface area contributed by atoms with E-state index >= 15 is 0 Å². The molecule has 0 saturated carbocycles. The maximum atomic E-state index is 11.3. The van der Waals surface area contributed by atoms with Crippen molar-refractivity contribution in [3.63, 3.8) is 0 Å². The SMILES string of the molecule is CS(=O)(=O)c1ccc(-c2[nH]ncc2C(=O)O)cc1. The van der Waals surface area contributed by atoms with Crippen LogP contribution in [-0.4, -0.2) is 35.9 Å². The van der Waals surface area contributed by atoms with Gasteiger partial charge in [0.05, 0.1) is 16.8 Å². The summed E-state index contributed by atoms with van der Waals surface area (Å²) in [6.45, 7) is 0. The summed E-state index contributed by atoms with van der Waals surface area (Å²) in [6.07, 6.45) is 2.32. The zero-order valence-corrected chi connectivity index (χ0v) is 10.2. The number of hydrogen-bond donors (Lipinski definition) is 2. The topological polar surface area (TPSA) is 100 Å². The molecule has 1 heterocycles. The van der Waals surface area contributed by atoms with Gasteiger partial charge >= 0.3 is 5.97 Å². The molecule has 1 aromatic carbocycles. The normalized spacial score (nSPS) is 11.4. The molecule has 0 radical (unpaired) electrons. The van der Waals surface area contributed by atoms with Gasteiger partial charge in [0, 0.05) is 11.8 Å². The van der Waals surface area contributed by atoms with E-state index in [-0.39, 0.29) is 10.5 Å². The maximum absolute atomic E-state index is 11.3. The van der Waals surface area contributed by atoms with Gasteiger partial charge in [0.15, 0.2) is 9.84 Å². The summed E-state index contributed by atoms with van der Waals surface area (Å²) in [6, 6.07) is 5.93. The van der Waals surface area contributed by atoms with E-state index in [0.717, 1.165) is 6.26 Å². The molecular formula is C11H10N2O4S. The second kappa shape index (κ2) is 4.26. The zero-order valence-electron chi connectivity index (χ0n) is 9.41.